The van der Waals surface area contributed by atoms with Crippen molar-refractivity contribution in [3.8, 4) is 11.3 Å². The van der Waals surface area contributed by atoms with Crippen molar-refractivity contribution in [2.75, 3.05) is 5.73 Å². The molecule has 0 aliphatic rings. The first-order valence-electron chi connectivity index (χ1n) is 5.82. The van der Waals surface area contributed by atoms with Gasteiger partial charge in [0.1, 0.15) is 11.5 Å². The van der Waals surface area contributed by atoms with E-state index in [1.165, 1.54) is 23.0 Å². The van der Waals surface area contributed by atoms with Crippen LogP contribution in [0, 0.1) is 5.82 Å². The van der Waals surface area contributed by atoms with Gasteiger partial charge < -0.3 is 5.73 Å². The van der Waals surface area contributed by atoms with Crippen molar-refractivity contribution in [2.24, 2.45) is 0 Å². The molecule has 3 nitrogen and oxygen atoms in total. The Balaban J connectivity index is 2.60. The summed E-state index contributed by atoms with van der Waals surface area (Å²) < 4.78 is 41.2. The lowest BCUT2D eigenvalue weighted by molar-refractivity contribution is 0.152. The van der Waals surface area contributed by atoms with Gasteiger partial charge in [0.2, 0.25) is 0 Å². The molecule has 1 aromatic heterocycles. The number of nitrogen functional groups attached to an aromatic ring is 1. The predicted molar refractivity (Wildman–Crippen MR) is 67.4 cm³/mol. The Bertz CT molecular complexity index is 591. The first-order chi connectivity index (χ1) is 8.90. The molecule has 0 fully saturated rings. The first kappa shape index (κ1) is 13.5. The molecule has 0 aliphatic carbocycles. The van der Waals surface area contributed by atoms with E-state index in [2.05, 4.69) is 5.10 Å². The average Bonchev–Trinajstić information content (AvgIpc) is 2.73. The van der Waals surface area contributed by atoms with Crippen molar-refractivity contribution in [1.29, 1.82) is 0 Å². The van der Waals surface area contributed by atoms with Gasteiger partial charge in [0, 0.05) is 23.5 Å². The molecule has 0 spiro atoms. The highest BCUT2D eigenvalue weighted by Gasteiger charge is 2.22. The van der Waals surface area contributed by atoms with Crippen LogP contribution >= 0.6 is 0 Å². The maximum atomic E-state index is 13.8. The lowest BCUT2D eigenvalue weighted by atomic mass is 10.1. The molecule has 2 rings (SSSR count). The van der Waals surface area contributed by atoms with Gasteiger partial charge in [-0.1, -0.05) is 0 Å². The Morgan fingerprint density at radius 3 is 2.47 bits per heavy atom. The molecule has 19 heavy (non-hydrogen) atoms. The fourth-order valence-electron chi connectivity index (χ4n) is 1.76. The zero-order valence-corrected chi connectivity index (χ0v) is 10.6. The zero-order chi connectivity index (χ0) is 14.2. The summed E-state index contributed by atoms with van der Waals surface area (Å²) in [6.07, 6.45) is -1.46. The number of aromatic nitrogens is 2. The molecular weight excluding hydrogens is 255 g/mol. The van der Waals surface area contributed by atoms with Crippen molar-refractivity contribution in [1.82, 2.24) is 9.78 Å². The van der Waals surface area contributed by atoms with Gasteiger partial charge in [0.15, 0.2) is 0 Å². The van der Waals surface area contributed by atoms with Crippen LogP contribution in [-0.2, 0) is 0 Å². The minimum Gasteiger partial charge on any atom is -0.399 e. The number of nitrogens with zero attached hydrogens (tertiary/aromatic N) is 2. The topological polar surface area (TPSA) is 43.8 Å². The smallest absolute Gasteiger partial charge is 0.267 e. The number of anilines is 1. The summed E-state index contributed by atoms with van der Waals surface area (Å²) in [6.45, 7) is 3.62. The molecule has 2 N–H and O–H groups in total. The SMILES string of the molecule is CC(C)n1cc(C(F)F)c(-c2ccc(N)cc2F)n1. The van der Waals surface area contributed by atoms with Gasteiger partial charge >= 0.3 is 0 Å². The van der Waals surface area contributed by atoms with Crippen LogP contribution in [0.4, 0.5) is 18.9 Å². The number of hydrogen-bond acceptors (Lipinski definition) is 2. The molecule has 0 unspecified atom stereocenters. The second-order valence-corrected chi connectivity index (χ2v) is 4.55. The minimum atomic E-state index is -2.71. The third kappa shape index (κ3) is 2.57. The molecule has 102 valence electrons. The maximum absolute atomic E-state index is 13.8. The molecule has 1 heterocycles. The van der Waals surface area contributed by atoms with E-state index in [4.69, 9.17) is 5.73 Å². The number of halogens is 3. The summed E-state index contributed by atoms with van der Waals surface area (Å²) in [5.41, 5.74) is 5.39. The summed E-state index contributed by atoms with van der Waals surface area (Å²) >= 11 is 0. The normalized spacial score (nSPS) is 11.5. The predicted octanol–water partition coefficient (Wildman–Crippen LogP) is 3.79. The minimum absolute atomic E-state index is 0.0314. The fourth-order valence-corrected chi connectivity index (χ4v) is 1.76. The molecule has 2 aromatic rings. The van der Waals surface area contributed by atoms with E-state index in [9.17, 15) is 13.2 Å². The summed E-state index contributed by atoms with van der Waals surface area (Å²) in [4.78, 5) is 0. The fraction of sp³-hybridized carbons (Fsp3) is 0.308. The van der Waals surface area contributed by atoms with Crippen LogP contribution in [0.15, 0.2) is 24.4 Å². The lowest BCUT2D eigenvalue weighted by Gasteiger charge is -2.05. The van der Waals surface area contributed by atoms with Crippen LogP contribution in [0.3, 0.4) is 0 Å². The monoisotopic (exact) mass is 269 g/mol. The number of alkyl halides is 2. The van der Waals surface area contributed by atoms with Crippen molar-refractivity contribution in [2.45, 2.75) is 26.3 Å². The summed E-state index contributed by atoms with van der Waals surface area (Å²) in [5, 5.41) is 4.05. The summed E-state index contributed by atoms with van der Waals surface area (Å²) in [6, 6.07) is 3.84. The van der Waals surface area contributed by atoms with E-state index in [0.717, 1.165) is 6.07 Å². The van der Waals surface area contributed by atoms with Gasteiger partial charge in [-0.25, -0.2) is 13.2 Å². The molecule has 0 atom stereocenters. The molecule has 0 radical (unpaired) electrons. The third-order valence-corrected chi connectivity index (χ3v) is 2.77. The second kappa shape index (κ2) is 4.95. The van der Waals surface area contributed by atoms with E-state index in [-0.39, 0.29) is 28.6 Å². The van der Waals surface area contributed by atoms with Gasteiger partial charge in [-0.15, -0.1) is 0 Å². The molecular formula is C13H14F3N3. The molecule has 0 saturated carbocycles. The highest BCUT2D eigenvalue weighted by atomic mass is 19.3. The standard InChI is InChI=1S/C13H14F3N3/c1-7(2)19-6-10(13(15)16)12(18-19)9-4-3-8(17)5-11(9)14/h3-7,13H,17H2,1-2H3. The van der Waals surface area contributed by atoms with E-state index < -0.39 is 12.2 Å². The number of nitrogens with two attached hydrogens (primary N) is 1. The Morgan fingerprint density at radius 1 is 1.26 bits per heavy atom. The van der Waals surface area contributed by atoms with E-state index in [0.29, 0.717) is 0 Å². The van der Waals surface area contributed by atoms with Crippen LogP contribution in [0.2, 0.25) is 0 Å². The van der Waals surface area contributed by atoms with Gasteiger partial charge in [-0.05, 0) is 32.0 Å². The van der Waals surface area contributed by atoms with Crippen molar-refractivity contribution in [3.63, 3.8) is 0 Å². The Morgan fingerprint density at radius 2 is 1.95 bits per heavy atom. The molecule has 0 aliphatic heterocycles. The van der Waals surface area contributed by atoms with Gasteiger partial charge in [-0.3, -0.25) is 4.68 Å². The van der Waals surface area contributed by atoms with Crippen LogP contribution in [-0.4, -0.2) is 9.78 Å². The summed E-state index contributed by atoms with van der Waals surface area (Å²) in [5.74, 6) is -0.657. The second-order valence-electron chi connectivity index (χ2n) is 4.55. The lowest BCUT2D eigenvalue weighted by Crippen LogP contribution is -2.01. The Hall–Kier alpha value is -1.98. The maximum Gasteiger partial charge on any atom is 0.267 e. The van der Waals surface area contributed by atoms with Crippen molar-refractivity contribution >= 4 is 5.69 Å². The molecule has 6 heteroatoms. The number of rotatable bonds is 3. The number of benzene rings is 1. The van der Waals surface area contributed by atoms with Crippen LogP contribution < -0.4 is 5.73 Å². The van der Waals surface area contributed by atoms with Gasteiger partial charge in [0.05, 0.1) is 5.56 Å². The molecule has 1 aromatic carbocycles. The van der Waals surface area contributed by atoms with Gasteiger partial charge in [0.25, 0.3) is 6.43 Å². The number of hydrogen-bond donors (Lipinski definition) is 1. The van der Waals surface area contributed by atoms with Gasteiger partial charge in [-0.2, -0.15) is 5.10 Å². The molecule has 0 saturated heterocycles. The van der Waals surface area contributed by atoms with E-state index in [1.807, 2.05) is 13.8 Å². The van der Waals surface area contributed by atoms with E-state index >= 15 is 0 Å². The van der Waals surface area contributed by atoms with E-state index in [1.54, 1.807) is 0 Å². The molecule has 0 amide bonds. The van der Waals surface area contributed by atoms with Crippen LogP contribution in [0.5, 0.6) is 0 Å². The average molecular weight is 269 g/mol. The van der Waals surface area contributed by atoms with Crippen LogP contribution in [0.25, 0.3) is 11.3 Å². The third-order valence-electron chi connectivity index (χ3n) is 2.77. The Kier molecular flexibility index (Phi) is 3.50. The summed E-state index contributed by atoms with van der Waals surface area (Å²) in [7, 11) is 0. The molecule has 0 bridgehead atoms. The van der Waals surface area contributed by atoms with Crippen molar-refractivity contribution in [3.05, 3.63) is 35.8 Å². The largest absolute Gasteiger partial charge is 0.399 e. The Labute approximate surface area is 108 Å². The van der Waals surface area contributed by atoms with Crippen molar-refractivity contribution < 1.29 is 13.2 Å². The first-order valence-corrected chi connectivity index (χ1v) is 5.82. The quantitative estimate of drug-likeness (QED) is 0.861. The highest BCUT2D eigenvalue weighted by Crippen LogP contribution is 2.32. The zero-order valence-electron chi connectivity index (χ0n) is 10.6. The van der Waals surface area contributed by atoms with Crippen LogP contribution in [0.1, 0.15) is 31.9 Å². The highest BCUT2D eigenvalue weighted by molar-refractivity contribution is 5.66.